The van der Waals surface area contributed by atoms with Gasteiger partial charge in [-0.15, -0.1) is 0 Å². The van der Waals surface area contributed by atoms with E-state index in [-0.39, 0.29) is 6.61 Å². The van der Waals surface area contributed by atoms with E-state index in [1.165, 1.54) is 6.07 Å². The van der Waals surface area contributed by atoms with Crippen LogP contribution in [0, 0.1) is 0 Å². The minimum absolute atomic E-state index is 0.181. The minimum Gasteiger partial charge on any atom is -0.253 e. The third-order valence-electron chi connectivity index (χ3n) is 1.31. The predicted octanol–water partition coefficient (Wildman–Crippen LogP) is 1.71. The quantitative estimate of drug-likeness (QED) is 0.894. The van der Waals surface area contributed by atoms with Gasteiger partial charge in [0.15, 0.2) is 0 Å². The molecule has 0 aliphatic heterocycles. The van der Waals surface area contributed by atoms with E-state index in [1.807, 2.05) is 0 Å². The Kier molecular flexibility index (Phi) is 3.74. The maximum atomic E-state index is 10.5. The summed E-state index contributed by atoms with van der Waals surface area (Å²) in [5, 5.41) is 5.46. The molecule has 0 fully saturated rings. The van der Waals surface area contributed by atoms with Crippen LogP contribution in [0.2, 0.25) is 10.0 Å². The molecule has 1 aromatic rings. The van der Waals surface area contributed by atoms with Crippen LogP contribution in [-0.4, -0.2) is 8.42 Å². The molecule has 0 amide bonds. The van der Waals surface area contributed by atoms with Crippen molar-refractivity contribution < 1.29 is 12.6 Å². The van der Waals surface area contributed by atoms with Crippen molar-refractivity contribution in [3.05, 3.63) is 33.8 Å². The van der Waals surface area contributed by atoms with Crippen molar-refractivity contribution in [2.75, 3.05) is 0 Å². The van der Waals surface area contributed by atoms with E-state index in [1.54, 1.807) is 12.1 Å². The van der Waals surface area contributed by atoms with E-state index in [2.05, 4.69) is 9.32 Å². The first kappa shape index (κ1) is 11.7. The van der Waals surface area contributed by atoms with Crippen LogP contribution in [0.15, 0.2) is 18.2 Å². The van der Waals surface area contributed by atoms with Gasteiger partial charge in [-0.25, -0.2) is 5.14 Å². The lowest BCUT2D eigenvalue weighted by molar-refractivity contribution is 0.308. The van der Waals surface area contributed by atoms with Crippen LogP contribution in [0.1, 0.15) is 5.56 Å². The SMILES string of the molecule is NS(=O)(=O)OCc1cc(Cl)cc(Cl)c1. The van der Waals surface area contributed by atoms with Crippen LogP contribution >= 0.6 is 23.2 Å². The molecule has 0 aliphatic carbocycles. The third kappa shape index (κ3) is 4.26. The standard InChI is InChI=1S/C7H7Cl2NO3S/c8-6-1-5(2-7(9)3-6)4-13-14(10,11)12/h1-3H,4H2,(H2,10,11,12). The Morgan fingerprint density at radius 2 is 1.71 bits per heavy atom. The van der Waals surface area contributed by atoms with Crippen molar-refractivity contribution in [3.63, 3.8) is 0 Å². The van der Waals surface area contributed by atoms with Crippen molar-refractivity contribution in [2.24, 2.45) is 5.14 Å². The largest absolute Gasteiger partial charge is 0.333 e. The minimum atomic E-state index is -3.93. The first-order valence-electron chi connectivity index (χ1n) is 3.49. The second-order valence-electron chi connectivity index (χ2n) is 2.53. The van der Waals surface area contributed by atoms with E-state index >= 15 is 0 Å². The molecule has 0 radical (unpaired) electrons. The van der Waals surface area contributed by atoms with E-state index in [4.69, 9.17) is 23.2 Å². The van der Waals surface area contributed by atoms with Gasteiger partial charge in [0, 0.05) is 10.0 Å². The van der Waals surface area contributed by atoms with Crippen molar-refractivity contribution in [1.29, 1.82) is 0 Å². The number of hydrogen-bond donors (Lipinski definition) is 1. The summed E-state index contributed by atoms with van der Waals surface area (Å²) < 4.78 is 25.3. The average molecular weight is 256 g/mol. The lowest BCUT2D eigenvalue weighted by atomic mass is 10.2. The number of benzene rings is 1. The zero-order valence-corrected chi connectivity index (χ0v) is 9.23. The number of halogens is 2. The Labute approximate surface area is 91.8 Å². The molecule has 0 bridgehead atoms. The summed E-state index contributed by atoms with van der Waals surface area (Å²) in [6, 6.07) is 4.61. The Balaban J connectivity index is 2.78. The molecular formula is C7H7Cl2NO3S. The Hall–Kier alpha value is -0.330. The fraction of sp³-hybridized carbons (Fsp3) is 0.143. The molecule has 4 nitrogen and oxygen atoms in total. The highest BCUT2D eigenvalue weighted by molar-refractivity contribution is 7.84. The summed E-state index contributed by atoms with van der Waals surface area (Å²) >= 11 is 11.4. The summed E-state index contributed by atoms with van der Waals surface area (Å²) in [5.41, 5.74) is 0.538. The van der Waals surface area contributed by atoms with Gasteiger partial charge in [-0.05, 0) is 23.8 Å². The van der Waals surface area contributed by atoms with E-state index < -0.39 is 10.3 Å². The van der Waals surface area contributed by atoms with Crippen LogP contribution in [-0.2, 0) is 21.1 Å². The molecule has 78 valence electrons. The van der Waals surface area contributed by atoms with Crippen molar-refractivity contribution >= 4 is 33.5 Å². The second-order valence-corrected chi connectivity index (χ2v) is 4.63. The van der Waals surface area contributed by atoms with Gasteiger partial charge < -0.3 is 0 Å². The van der Waals surface area contributed by atoms with Crippen molar-refractivity contribution in [3.8, 4) is 0 Å². The molecular weight excluding hydrogens is 249 g/mol. The first-order valence-corrected chi connectivity index (χ1v) is 5.72. The van der Waals surface area contributed by atoms with Gasteiger partial charge in [0.25, 0.3) is 0 Å². The van der Waals surface area contributed by atoms with Gasteiger partial charge in [-0.3, -0.25) is 4.18 Å². The third-order valence-corrected chi connectivity index (χ3v) is 2.20. The maximum absolute atomic E-state index is 10.5. The zero-order valence-electron chi connectivity index (χ0n) is 6.91. The molecule has 1 aromatic carbocycles. The second kappa shape index (κ2) is 4.46. The monoisotopic (exact) mass is 255 g/mol. The molecule has 1 rings (SSSR count). The summed E-state index contributed by atoms with van der Waals surface area (Å²) in [4.78, 5) is 0. The van der Waals surface area contributed by atoms with Gasteiger partial charge in [-0.2, -0.15) is 8.42 Å². The van der Waals surface area contributed by atoms with Crippen LogP contribution in [0.5, 0.6) is 0 Å². The van der Waals surface area contributed by atoms with E-state index in [0.29, 0.717) is 15.6 Å². The maximum Gasteiger partial charge on any atom is 0.333 e. The molecule has 0 spiro atoms. The number of hydrogen-bond acceptors (Lipinski definition) is 3. The molecule has 2 N–H and O–H groups in total. The fourth-order valence-corrected chi connectivity index (χ4v) is 1.72. The van der Waals surface area contributed by atoms with Gasteiger partial charge in [0.1, 0.15) is 0 Å². The molecule has 7 heteroatoms. The molecule has 14 heavy (non-hydrogen) atoms. The summed E-state index contributed by atoms with van der Waals surface area (Å²) in [6.45, 7) is -0.181. The lowest BCUT2D eigenvalue weighted by Crippen LogP contribution is -2.15. The molecule has 0 heterocycles. The number of rotatable bonds is 3. The fourth-order valence-electron chi connectivity index (χ4n) is 0.844. The van der Waals surface area contributed by atoms with Gasteiger partial charge in [-0.1, -0.05) is 23.2 Å². The van der Waals surface area contributed by atoms with Crippen LogP contribution in [0.25, 0.3) is 0 Å². The topological polar surface area (TPSA) is 69.4 Å². The molecule has 0 unspecified atom stereocenters. The van der Waals surface area contributed by atoms with Gasteiger partial charge in [0.05, 0.1) is 6.61 Å². The lowest BCUT2D eigenvalue weighted by Gasteiger charge is -2.02. The van der Waals surface area contributed by atoms with Gasteiger partial charge >= 0.3 is 10.3 Å². The average Bonchev–Trinajstić information content (AvgIpc) is 1.97. The van der Waals surface area contributed by atoms with E-state index in [0.717, 1.165) is 0 Å². The predicted molar refractivity (Wildman–Crippen MR) is 54.4 cm³/mol. The molecule has 0 aliphatic rings. The number of nitrogens with two attached hydrogens (primary N) is 1. The molecule has 0 aromatic heterocycles. The highest BCUT2D eigenvalue weighted by Crippen LogP contribution is 2.19. The van der Waals surface area contributed by atoms with Crippen molar-refractivity contribution in [2.45, 2.75) is 6.61 Å². The highest BCUT2D eigenvalue weighted by Gasteiger charge is 2.04. The Bertz CT molecular complexity index is 412. The van der Waals surface area contributed by atoms with Crippen LogP contribution in [0.3, 0.4) is 0 Å². The summed E-state index contributed by atoms with van der Waals surface area (Å²) in [7, 11) is -3.93. The van der Waals surface area contributed by atoms with E-state index in [9.17, 15) is 8.42 Å². The molecule has 0 atom stereocenters. The molecule has 0 saturated heterocycles. The normalized spacial score (nSPS) is 11.6. The highest BCUT2D eigenvalue weighted by atomic mass is 35.5. The Morgan fingerprint density at radius 3 is 2.14 bits per heavy atom. The summed E-state index contributed by atoms with van der Waals surface area (Å²) in [6.07, 6.45) is 0. The van der Waals surface area contributed by atoms with Crippen LogP contribution in [0.4, 0.5) is 0 Å². The molecule has 0 saturated carbocycles. The van der Waals surface area contributed by atoms with Crippen molar-refractivity contribution in [1.82, 2.24) is 0 Å². The smallest absolute Gasteiger partial charge is 0.253 e. The zero-order chi connectivity index (χ0) is 10.8. The van der Waals surface area contributed by atoms with Crippen LogP contribution < -0.4 is 5.14 Å². The first-order chi connectivity index (χ1) is 6.37. The van der Waals surface area contributed by atoms with Gasteiger partial charge in [0.2, 0.25) is 0 Å². The summed E-state index contributed by atoms with van der Waals surface area (Å²) in [5.74, 6) is 0. The Morgan fingerprint density at radius 1 is 1.21 bits per heavy atom.